The van der Waals surface area contributed by atoms with Crippen molar-refractivity contribution in [3.05, 3.63) is 30.3 Å². The van der Waals surface area contributed by atoms with E-state index in [2.05, 4.69) is 45.4 Å². The molecule has 134 valence electrons. The molecule has 1 fully saturated rings. The number of piperazine rings is 1. The average Bonchev–Trinajstić information content (AvgIpc) is 2.64. The Morgan fingerprint density at radius 1 is 1.25 bits per heavy atom. The molecule has 1 saturated heterocycles. The van der Waals surface area contributed by atoms with Gasteiger partial charge in [-0.15, -0.1) is 0 Å². The van der Waals surface area contributed by atoms with Crippen molar-refractivity contribution in [2.75, 3.05) is 56.2 Å². The topological polar surface area (TPSA) is 61.6 Å². The van der Waals surface area contributed by atoms with Gasteiger partial charge in [-0.25, -0.2) is 0 Å². The number of carbonyl (C=O) groups is 1. The van der Waals surface area contributed by atoms with Crippen LogP contribution < -0.4 is 16.0 Å². The molecular weight excluding hydrogens is 320 g/mol. The molecule has 6 heteroatoms. The van der Waals surface area contributed by atoms with E-state index in [0.29, 0.717) is 6.54 Å². The number of thioether (sulfide) groups is 1. The number of benzene rings is 1. The van der Waals surface area contributed by atoms with Crippen LogP contribution in [-0.4, -0.2) is 68.1 Å². The van der Waals surface area contributed by atoms with E-state index in [1.54, 1.807) is 11.8 Å². The molecule has 0 bridgehead atoms. The maximum atomic E-state index is 11.8. The number of rotatable bonds is 9. The Labute approximate surface area is 149 Å². The summed E-state index contributed by atoms with van der Waals surface area (Å²) in [4.78, 5) is 16.7. The van der Waals surface area contributed by atoms with Gasteiger partial charge in [-0.3, -0.25) is 9.69 Å². The molecule has 1 aromatic carbocycles. The van der Waals surface area contributed by atoms with E-state index in [0.717, 1.165) is 51.3 Å². The van der Waals surface area contributed by atoms with Crippen molar-refractivity contribution in [1.29, 1.82) is 0 Å². The predicted molar refractivity (Wildman–Crippen MR) is 104 cm³/mol. The summed E-state index contributed by atoms with van der Waals surface area (Å²) in [7, 11) is 0. The predicted octanol–water partition coefficient (Wildman–Crippen LogP) is 1.40. The number of hydrogen-bond acceptors (Lipinski definition) is 5. The molecule has 1 aliphatic rings. The second-order valence-electron chi connectivity index (χ2n) is 6.20. The van der Waals surface area contributed by atoms with E-state index >= 15 is 0 Å². The zero-order chi connectivity index (χ0) is 17.2. The van der Waals surface area contributed by atoms with Crippen molar-refractivity contribution < 1.29 is 4.79 Å². The summed E-state index contributed by atoms with van der Waals surface area (Å²) in [5.41, 5.74) is 7.17. The fourth-order valence-corrected chi connectivity index (χ4v) is 3.38. The summed E-state index contributed by atoms with van der Waals surface area (Å²) >= 11 is 1.72. The van der Waals surface area contributed by atoms with E-state index in [-0.39, 0.29) is 11.9 Å². The number of nitrogens with two attached hydrogens (primary N) is 1. The fourth-order valence-electron chi connectivity index (χ4n) is 2.89. The maximum absolute atomic E-state index is 11.8. The first-order valence-electron chi connectivity index (χ1n) is 8.75. The van der Waals surface area contributed by atoms with E-state index in [4.69, 9.17) is 5.73 Å². The van der Waals surface area contributed by atoms with Crippen molar-refractivity contribution in [2.24, 2.45) is 5.73 Å². The van der Waals surface area contributed by atoms with Gasteiger partial charge in [0, 0.05) is 38.4 Å². The molecule has 0 unspecified atom stereocenters. The molecule has 0 aliphatic carbocycles. The number of hydrogen-bond donors (Lipinski definition) is 2. The third-order valence-electron chi connectivity index (χ3n) is 4.41. The number of nitrogens with zero attached hydrogens (tertiary/aromatic N) is 2. The van der Waals surface area contributed by atoms with Crippen LogP contribution in [0.4, 0.5) is 5.69 Å². The Hall–Kier alpha value is -1.24. The van der Waals surface area contributed by atoms with Crippen LogP contribution in [0.3, 0.4) is 0 Å². The molecule has 0 spiro atoms. The van der Waals surface area contributed by atoms with Gasteiger partial charge in [0.15, 0.2) is 0 Å². The molecule has 1 heterocycles. The lowest BCUT2D eigenvalue weighted by atomic mass is 10.2. The van der Waals surface area contributed by atoms with Gasteiger partial charge in [-0.1, -0.05) is 18.2 Å². The van der Waals surface area contributed by atoms with E-state index < -0.39 is 0 Å². The molecule has 3 N–H and O–H groups in total. The van der Waals surface area contributed by atoms with Crippen LogP contribution in [0.25, 0.3) is 0 Å². The zero-order valence-electron chi connectivity index (χ0n) is 14.6. The largest absolute Gasteiger partial charge is 0.369 e. The summed E-state index contributed by atoms with van der Waals surface area (Å²) < 4.78 is 0. The minimum absolute atomic E-state index is 0.0158. The van der Waals surface area contributed by atoms with Gasteiger partial charge in [0.1, 0.15) is 0 Å². The molecular formula is C18H30N4OS. The lowest BCUT2D eigenvalue weighted by Crippen LogP contribution is -2.47. The number of carbonyl (C=O) groups excluding carboxylic acids is 1. The molecule has 1 aliphatic heterocycles. The number of para-hydroxylation sites is 1. The molecule has 5 nitrogen and oxygen atoms in total. The summed E-state index contributed by atoms with van der Waals surface area (Å²) in [6.07, 6.45) is 3.75. The Kier molecular flexibility index (Phi) is 8.42. The fraction of sp³-hybridized carbons (Fsp3) is 0.611. The molecule has 24 heavy (non-hydrogen) atoms. The lowest BCUT2D eigenvalue weighted by Gasteiger charge is -2.36. The summed E-state index contributed by atoms with van der Waals surface area (Å²) in [6.45, 7) is 6.03. The monoisotopic (exact) mass is 350 g/mol. The smallest absolute Gasteiger partial charge is 0.236 e. The van der Waals surface area contributed by atoms with Crippen LogP contribution in [0.15, 0.2) is 30.3 Å². The molecule has 0 radical (unpaired) electrons. The summed E-state index contributed by atoms with van der Waals surface area (Å²) in [6, 6.07) is 10.2. The highest BCUT2D eigenvalue weighted by atomic mass is 32.2. The quantitative estimate of drug-likeness (QED) is 0.659. The van der Waals surface area contributed by atoms with Gasteiger partial charge >= 0.3 is 0 Å². The van der Waals surface area contributed by atoms with E-state index in [9.17, 15) is 4.79 Å². The van der Waals surface area contributed by atoms with Gasteiger partial charge in [0.05, 0.1) is 6.04 Å². The van der Waals surface area contributed by atoms with Crippen molar-refractivity contribution in [1.82, 2.24) is 10.2 Å². The highest BCUT2D eigenvalue weighted by Crippen LogP contribution is 2.15. The van der Waals surface area contributed by atoms with Crippen LogP contribution in [0.2, 0.25) is 0 Å². The van der Waals surface area contributed by atoms with Crippen LogP contribution in [0.1, 0.15) is 12.8 Å². The normalized spacial score (nSPS) is 16.8. The van der Waals surface area contributed by atoms with Gasteiger partial charge in [-0.05, 0) is 43.5 Å². The Bertz CT molecular complexity index is 477. The number of amides is 1. The highest BCUT2D eigenvalue weighted by Gasteiger charge is 2.17. The third kappa shape index (κ3) is 6.34. The average molecular weight is 351 g/mol. The summed E-state index contributed by atoms with van der Waals surface area (Å²) in [5, 5.41) is 2.96. The first-order chi connectivity index (χ1) is 11.7. The van der Waals surface area contributed by atoms with Gasteiger partial charge < -0.3 is 16.0 Å². The standard InChI is InChI=1S/C18H30N4OS/c1-24-15-8-17(19)18(23)20-9-5-10-21-11-13-22(14-12-21)16-6-3-2-4-7-16/h2-4,6-7,17H,5,8-15,19H2,1H3,(H,20,23)/t17-/m0/s1. The second kappa shape index (κ2) is 10.6. The SMILES string of the molecule is CSCC[C@H](N)C(=O)NCCCN1CCN(c2ccccc2)CC1. The van der Waals surface area contributed by atoms with Crippen LogP contribution in [-0.2, 0) is 4.79 Å². The van der Waals surface area contributed by atoms with Crippen molar-refractivity contribution in [2.45, 2.75) is 18.9 Å². The van der Waals surface area contributed by atoms with Crippen molar-refractivity contribution in [3.8, 4) is 0 Å². The highest BCUT2D eigenvalue weighted by molar-refractivity contribution is 7.98. The Morgan fingerprint density at radius 3 is 2.62 bits per heavy atom. The van der Waals surface area contributed by atoms with Crippen LogP contribution in [0, 0.1) is 0 Å². The van der Waals surface area contributed by atoms with Gasteiger partial charge in [0.2, 0.25) is 5.91 Å². The lowest BCUT2D eigenvalue weighted by molar-refractivity contribution is -0.122. The van der Waals surface area contributed by atoms with Gasteiger partial charge in [-0.2, -0.15) is 11.8 Å². The molecule has 2 rings (SSSR count). The molecule has 1 atom stereocenters. The van der Waals surface area contributed by atoms with E-state index in [1.807, 2.05) is 6.26 Å². The number of anilines is 1. The molecule has 1 aromatic rings. The Balaban J connectivity index is 1.57. The minimum Gasteiger partial charge on any atom is -0.369 e. The van der Waals surface area contributed by atoms with Gasteiger partial charge in [0.25, 0.3) is 0 Å². The van der Waals surface area contributed by atoms with Crippen LogP contribution in [0.5, 0.6) is 0 Å². The van der Waals surface area contributed by atoms with Crippen LogP contribution >= 0.6 is 11.8 Å². The molecule has 0 saturated carbocycles. The van der Waals surface area contributed by atoms with Crippen molar-refractivity contribution >= 4 is 23.4 Å². The Morgan fingerprint density at radius 2 is 1.96 bits per heavy atom. The zero-order valence-corrected chi connectivity index (χ0v) is 15.4. The minimum atomic E-state index is -0.369. The third-order valence-corrected chi connectivity index (χ3v) is 5.06. The maximum Gasteiger partial charge on any atom is 0.236 e. The number of nitrogens with one attached hydrogen (secondary N) is 1. The molecule has 0 aromatic heterocycles. The first-order valence-corrected chi connectivity index (χ1v) is 10.1. The molecule has 1 amide bonds. The first kappa shape index (κ1) is 19.1. The van der Waals surface area contributed by atoms with Crippen molar-refractivity contribution in [3.63, 3.8) is 0 Å². The van der Waals surface area contributed by atoms with E-state index in [1.165, 1.54) is 5.69 Å². The second-order valence-corrected chi connectivity index (χ2v) is 7.18. The summed E-state index contributed by atoms with van der Waals surface area (Å²) in [5.74, 6) is 0.915.